The number of anilines is 1. The molecule has 1 aliphatic rings. The van der Waals surface area contributed by atoms with E-state index in [-0.39, 0.29) is 22.9 Å². The second-order valence-corrected chi connectivity index (χ2v) is 8.88. The molecular weight excluding hydrogens is 548 g/mol. The van der Waals surface area contributed by atoms with Gasteiger partial charge in [-0.25, -0.2) is 4.79 Å². The number of hydrogen-bond acceptors (Lipinski definition) is 6. The number of nitrogens with one attached hydrogen (secondary N) is 1. The number of thiocarbonyl (C=S) groups is 1. The fourth-order valence-corrected chi connectivity index (χ4v) is 4.21. The zero-order chi connectivity index (χ0) is 25.8. The van der Waals surface area contributed by atoms with Gasteiger partial charge in [0.05, 0.1) is 22.8 Å². The highest BCUT2D eigenvalue weighted by Crippen LogP contribution is 2.29. The van der Waals surface area contributed by atoms with Crippen LogP contribution in [0.5, 0.6) is 11.5 Å². The van der Waals surface area contributed by atoms with Gasteiger partial charge in [0.15, 0.2) is 5.11 Å². The largest absolute Gasteiger partial charge is 0.497 e. The Morgan fingerprint density at radius 2 is 1.78 bits per heavy atom. The first kappa shape index (κ1) is 25.1. The maximum absolute atomic E-state index is 13.2. The minimum atomic E-state index is -0.992. The standard InChI is InChI=1S/C26H19BrN2O6S/c1-34-19-9-7-18(8-10-19)29-24(31)20(23(30)28-26(29)36)12-16-4-11-22(21(27)13-16)35-14-15-2-5-17(6-3-15)25(32)33/h2-13H,14H2,1H3,(H,32,33)(H,28,30,36). The summed E-state index contributed by atoms with van der Waals surface area (Å²) in [5.41, 5.74) is 2.03. The third-order valence-electron chi connectivity index (χ3n) is 5.29. The number of carboxylic acids is 1. The molecule has 0 unspecified atom stereocenters. The van der Waals surface area contributed by atoms with Crippen LogP contribution in [0.2, 0.25) is 0 Å². The van der Waals surface area contributed by atoms with Gasteiger partial charge in [-0.3, -0.25) is 19.8 Å². The van der Waals surface area contributed by atoms with Gasteiger partial charge < -0.3 is 14.6 Å². The molecule has 0 saturated carbocycles. The number of methoxy groups -OCH3 is 1. The van der Waals surface area contributed by atoms with E-state index in [4.69, 9.17) is 26.8 Å². The molecular formula is C26H19BrN2O6S. The van der Waals surface area contributed by atoms with Crippen molar-refractivity contribution in [3.63, 3.8) is 0 Å². The number of benzene rings is 3. The topological polar surface area (TPSA) is 105 Å². The van der Waals surface area contributed by atoms with Crippen LogP contribution in [0.3, 0.4) is 0 Å². The summed E-state index contributed by atoms with van der Waals surface area (Å²) in [6, 6.07) is 18.3. The molecule has 0 bridgehead atoms. The lowest BCUT2D eigenvalue weighted by atomic mass is 10.1. The summed E-state index contributed by atoms with van der Waals surface area (Å²) in [6.07, 6.45) is 1.48. The number of carbonyl (C=O) groups excluding carboxylic acids is 2. The van der Waals surface area contributed by atoms with Gasteiger partial charge in [0.2, 0.25) is 0 Å². The first-order chi connectivity index (χ1) is 17.3. The lowest BCUT2D eigenvalue weighted by Gasteiger charge is -2.29. The van der Waals surface area contributed by atoms with Gasteiger partial charge in [0, 0.05) is 0 Å². The van der Waals surface area contributed by atoms with Crippen molar-refractivity contribution in [2.24, 2.45) is 0 Å². The first-order valence-electron chi connectivity index (χ1n) is 10.6. The lowest BCUT2D eigenvalue weighted by Crippen LogP contribution is -2.54. The number of amides is 2. The Labute approximate surface area is 220 Å². The third kappa shape index (κ3) is 5.45. The summed E-state index contributed by atoms with van der Waals surface area (Å²) in [6.45, 7) is 0.230. The highest BCUT2D eigenvalue weighted by molar-refractivity contribution is 9.10. The number of rotatable bonds is 7. The zero-order valence-corrected chi connectivity index (χ0v) is 21.3. The molecule has 0 spiro atoms. The molecule has 0 atom stereocenters. The molecule has 0 radical (unpaired) electrons. The third-order valence-corrected chi connectivity index (χ3v) is 6.20. The molecule has 3 aromatic carbocycles. The fourth-order valence-electron chi connectivity index (χ4n) is 3.42. The summed E-state index contributed by atoms with van der Waals surface area (Å²) >= 11 is 8.69. The van der Waals surface area contributed by atoms with Gasteiger partial charge in [-0.05, 0) is 93.9 Å². The van der Waals surface area contributed by atoms with Gasteiger partial charge in [0.25, 0.3) is 11.8 Å². The minimum Gasteiger partial charge on any atom is -0.497 e. The molecule has 8 nitrogen and oxygen atoms in total. The fraction of sp³-hybridized carbons (Fsp3) is 0.0769. The maximum atomic E-state index is 13.2. The maximum Gasteiger partial charge on any atom is 0.335 e. The predicted molar refractivity (Wildman–Crippen MR) is 141 cm³/mol. The van der Waals surface area contributed by atoms with E-state index in [1.165, 1.54) is 23.1 Å². The first-order valence-corrected chi connectivity index (χ1v) is 11.8. The SMILES string of the molecule is COc1ccc(N2C(=O)C(=Cc3ccc(OCc4ccc(C(=O)O)cc4)c(Br)c3)C(=O)NC2=S)cc1. The van der Waals surface area contributed by atoms with Crippen LogP contribution >= 0.6 is 28.1 Å². The van der Waals surface area contributed by atoms with Crippen LogP contribution in [0.4, 0.5) is 5.69 Å². The molecule has 0 aliphatic carbocycles. The Kier molecular flexibility index (Phi) is 7.47. The molecule has 4 rings (SSSR count). The summed E-state index contributed by atoms with van der Waals surface area (Å²) < 4.78 is 11.6. The average Bonchev–Trinajstić information content (AvgIpc) is 2.86. The summed E-state index contributed by atoms with van der Waals surface area (Å²) in [7, 11) is 1.54. The van der Waals surface area contributed by atoms with E-state index in [0.29, 0.717) is 27.2 Å². The summed E-state index contributed by atoms with van der Waals surface area (Å²) in [5.74, 6) is -0.960. The van der Waals surface area contributed by atoms with Crippen molar-refractivity contribution in [1.82, 2.24) is 5.32 Å². The van der Waals surface area contributed by atoms with E-state index in [1.807, 2.05) is 0 Å². The van der Waals surface area contributed by atoms with Crippen LogP contribution in [-0.4, -0.2) is 35.1 Å². The molecule has 1 aliphatic heterocycles. The molecule has 2 amide bonds. The van der Waals surface area contributed by atoms with Crippen molar-refractivity contribution < 1.29 is 29.0 Å². The van der Waals surface area contributed by atoms with E-state index in [2.05, 4.69) is 21.2 Å². The van der Waals surface area contributed by atoms with E-state index in [9.17, 15) is 14.4 Å². The Morgan fingerprint density at radius 3 is 2.39 bits per heavy atom. The van der Waals surface area contributed by atoms with E-state index in [1.54, 1.807) is 61.7 Å². The number of nitrogens with zero attached hydrogens (tertiary/aromatic N) is 1. The number of halogens is 1. The van der Waals surface area contributed by atoms with Gasteiger partial charge in [-0.15, -0.1) is 0 Å². The molecule has 1 heterocycles. The van der Waals surface area contributed by atoms with Crippen molar-refractivity contribution in [2.75, 3.05) is 12.0 Å². The Bertz CT molecular complexity index is 1390. The van der Waals surface area contributed by atoms with Crippen molar-refractivity contribution >= 4 is 62.8 Å². The van der Waals surface area contributed by atoms with Crippen LogP contribution in [0.1, 0.15) is 21.5 Å². The van der Waals surface area contributed by atoms with Crippen LogP contribution in [0.15, 0.2) is 76.8 Å². The predicted octanol–water partition coefficient (Wildman–Crippen LogP) is 4.57. The van der Waals surface area contributed by atoms with Crippen LogP contribution in [-0.2, 0) is 16.2 Å². The average molecular weight is 567 g/mol. The van der Waals surface area contributed by atoms with E-state index in [0.717, 1.165) is 5.56 Å². The van der Waals surface area contributed by atoms with Crippen LogP contribution in [0.25, 0.3) is 6.08 Å². The minimum absolute atomic E-state index is 0.00590. The van der Waals surface area contributed by atoms with Crippen molar-refractivity contribution in [1.29, 1.82) is 0 Å². The van der Waals surface area contributed by atoms with Gasteiger partial charge in [0.1, 0.15) is 23.7 Å². The van der Waals surface area contributed by atoms with Crippen molar-refractivity contribution in [2.45, 2.75) is 6.61 Å². The number of carboxylic acid groups (broad SMARTS) is 1. The van der Waals surface area contributed by atoms with Gasteiger partial charge in [-0.2, -0.15) is 0 Å². The van der Waals surface area contributed by atoms with Gasteiger partial charge in [-0.1, -0.05) is 18.2 Å². The lowest BCUT2D eigenvalue weighted by molar-refractivity contribution is -0.122. The summed E-state index contributed by atoms with van der Waals surface area (Å²) in [5, 5.41) is 11.6. The number of hydrogen-bond donors (Lipinski definition) is 2. The highest BCUT2D eigenvalue weighted by Gasteiger charge is 2.34. The second kappa shape index (κ2) is 10.7. The second-order valence-electron chi connectivity index (χ2n) is 7.64. The molecule has 0 aromatic heterocycles. The molecule has 182 valence electrons. The Hall–Kier alpha value is -4.02. The molecule has 1 saturated heterocycles. The summed E-state index contributed by atoms with van der Waals surface area (Å²) in [4.78, 5) is 38.0. The zero-order valence-electron chi connectivity index (χ0n) is 18.9. The van der Waals surface area contributed by atoms with Crippen molar-refractivity contribution in [3.05, 3.63) is 93.5 Å². The molecule has 2 N–H and O–H groups in total. The molecule has 36 heavy (non-hydrogen) atoms. The molecule has 1 fully saturated rings. The number of carbonyl (C=O) groups is 3. The Balaban J connectivity index is 1.52. The smallest absolute Gasteiger partial charge is 0.335 e. The monoisotopic (exact) mass is 566 g/mol. The van der Waals surface area contributed by atoms with E-state index >= 15 is 0 Å². The number of aromatic carboxylic acids is 1. The van der Waals surface area contributed by atoms with Crippen LogP contribution < -0.4 is 19.7 Å². The van der Waals surface area contributed by atoms with Gasteiger partial charge >= 0.3 is 5.97 Å². The molecule has 3 aromatic rings. The highest BCUT2D eigenvalue weighted by atomic mass is 79.9. The number of ether oxygens (including phenoxy) is 2. The van der Waals surface area contributed by atoms with Crippen LogP contribution in [0, 0.1) is 0 Å². The van der Waals surface area contributed by atoms with E-state index < -0.39 is 17.8 Å². The normalized spacial score (nSPS) is 14.6. The van der Waals surface area contributed by atoms with Crippen molar-refractivity contribution in [3.8, 4) is 11.5 Å². The quantitative estimate of drug-likeness (QED) is 0.245. The molecule has 10 heteroatoms. The Morgan fingerprint density at radius 1 is 1.08 bits per heavy atom.